The summed E-state index contributed by atoms with van der Waals surface area (Å²) in [4.78, 5) is 9.54. The van der Waals surface area contributed by atoms with Gasteiger partial charge in [0, 0.05) is 50.0 Å². The van der Waals surface area contributed by atoms with Crippen LogP contribution in [0.25, 0.3) is 49.7 Å². The molecule has 1 N–H and O–H groups in total. The summed E-state index contributed by atoms with van der Waals surface area (Å²) in [5.74, 6) is 2.46. The van der Waals surface area contributed by atoms with E-state index in [0.29, 0.717) is 23.1 Å². The number of benzene rings is 4. The zero-order valence-corrected chi connectivity index (χ0v) is 26.3. The summed E-state index contributed by atoms with van der Waals surface area (Å²) in [6, 6.07) is 38.1. The molecule has 1 aliphatic rings. The van der Waals surface area contributed by atoms with Gasteiger partial charge in [-0.1, -0.05) is 79.4 Å². The number of nitrogens with zero attached hydrogens (tertiary/aromatic N) is 3. The minimum Gasteiger partial charge on any atom is -0.506 e. The van der Waals surface area contributed by atoms with Crippen molar-refractivity contribution < 1.29 is 30.9 Å². The predicted molar refractivity (Wildman–Crippen MR) is 172 cm³/mol. The molecule has 1 fully saturated rings. The van der Waals surface area contributed by atoms with Crippen LogP contribution in [0.1, 0.15) is 43.6 Å². The van der Waals surface area contributed by atoms with Gasteiger partial charge < -0.3 is 14.4 Å². The average molecular weight is 756 g/mol. The molecule has 0 aliphatic heterocycles. The smallest absolute Gasteiger partial charge is 0.217 e. The minimum absolute atomic E-state index is 0. The van der Waals surface area contributed by atoms with Gasteiger partial charge in [-0.2, -0.15) is 6.07 Å². The maximum atomic E-state index is 10.7. The van der Waals surface area contributed by atoms with Crippen molar-refractivity contribution in [1.82, 2.24) is 14.5 Å². The summed E-state index contributed by atoms with van der Waals surface area (Å²) in [7, 11) is 0. The normalized spacial score (nSPS) is 13.7. The SMILES string of the molecule is Oc1ccc(C2CCCCC2)c2ccc(Oc3[c-]c4c(cc3)c3ccccc3n4-c3cc(-c4ccccc4)ccn3)nc12.[Pt]. The number of rotatable bonds is 5. The quantitative estimate of drug-likeness (QED) is 0.178. The van der Waals surface area contributed by atoms with Gasteiger partial charge >= 0.3 is 0 Å². The van der Waals surface area contributed by atoms with Crippen molar-refractivity contribution in [2.75, 3.05) is 0 Å². The zero-order chi connectivity index (χ0) is 28.8. The number of para-hydroxylation sites is 1. The van der Waals surface area contributed by atoms with Gasteiger partial charge in [0.25, 0.3) is 0 Å². The maximum Gasteiger partial charge on any atom is 0.217 e. The van der Waals surface area contributed by atoms with E-state index in [0.717, 1.165) is 44.1 Å². The summed E-state index contributed by atoms with van der Waals surface area (Å²) >= 11 is 0. The van der Waals surface area contributed by atoms with Gasteiger partial charge in [0.1, 0.15) is 17.1 Å². The van der Waals surface area contributed by atoms with Crippen molar-refractivity contribution in [2.24, 2.45) is 0 Å². The van der Waals surface area contributed by atoms with Crippen molar-refractivity contribution in [3.05, 3.63) is 121 Å². The van der Waals surface area contributed by atoms with E-state index in [1.54, 1.807) is 6.07 Å². The molecule has 0 spiro atoms. The first-order valence-electron chi connectivity index (χ1n) is 15.0. The molecule has 5 nitrogen and oxygen atoms in total. The van der Waals surface area contributed by atoms with E-state index in [2.05, 4.69) is 59.2 Å². The number of fused-ring (bicyclic) bond motifs is 4. The van der Waals surface area contributed by atoms with Gasteiger partial charge in [-0.25, -0.2) is 9.97 Å². The molecule has 4 aromatic carbocycles. The number of aromatic hydroxyl groups is 1. The fraction of sp³-hybridized carbons (Fsp3) is 0.158. The Hall–Kier alpha value is -4.47. The first kappa shape index (κ1) is 28.3. The van der Waals surface area contributed by atoms with E-state index in [1.165, 1.54) is 37.7 Å². The summed E-state index contributed by atoms with van der Waals surface area (Å²) in [5, 5.41) is 13.9. The van der Waals surface area contributed by atoms with E-state index in [9.17, 15) is 5.11 Å². The van der Waals surface area contributed by atoms with Gasteiger partial charge in [-0.05, 0) is 71.2 Å². The summed E-state index contributed by atoms with van der Waals surface area (Å²) in [6.07, 6.45) is 8.03. The molecule has 0 radical (unpaired) electrons. The second-order valence-corrected chi connectivity index (χ2v) is 11.4. The topological polar surface area (TPSA) is 60.2 Å². The third kappa shape index (κ3) is 5.06. The molecule has 0 atom stereocenters. The van der Waals surface area contributed by atoms with Crippen LogP contribution >= 0.6 is 0 Å². The number of aromatic nitrogens is 3. The molecule has 44 heavy (non-hydrogen) atoms. The van der Waals surface area contributed by atoms with Crippen molar-refractivity contribution in [1.29, 1.82) is 0 Å². The molecule has 0 unspecified atom stereocenters. The van der Waals surface area contributed by atoms with Gasteiger partial charge in [0.2, 0.25) is 5.88 Å². The molecule has 0 bridgehead atoms. The van der Waals surface area contributed by atoms with Gasteiger partial charge in [-0.15, -0.1) is 17.5 Å². The number of hydrogen-bond donors (Lipinski definition) is 1. The average Bonchev–Trinajstić information content (AvgIpc) is 3.39. The molecular formula is C38H30N3O2Pt-. The van der Waals surface area contributed by atoms with Crippen LogP contribution < -0.4 is 4.74 Å². The Bertz CT molecular complexity index is 2120. The van der Waals surface area contributed by atoms with E-state index in [1.807, 2.05) is 54.7 Å². The molecule has 1 aliphatic carbocycles. The monoisotopic (exact) mass is 755 g/mol. The third-order valence-corrected chi connectivity index (χ3v) is 8.74. The van der Waals surface area contributed by atoms with Crippen molar-refractivity contribution in [3.8, 4) is 34.3 Å². The second-order valence-electron chi connectivity index (χ2n) is 11.4. The minimum atomic E-state index is 0. The summed E-state index contributed by atoms with van der Waals surface area (Å²) in [5.41, 5.74) is 6.01. The Morgan fingerprint density at radius 1 is 0.750 bits per heavy atom. The summed E-state index contributed by atoms with van der Waals surface area (Å²) in [6.45, 7) is 0. The van der Waals surface area contributed by atoms with Crippen molar-refractivity contribution >= 4 is 32.7 Å². The Balaban J connectivity index is 0.00000312. The zero-order valence-electron chi connectivity index (χ0n) is 24.0. The third-order valence-electron chi connectivity index (χ3n) is 8.74. The van der Waals surface area contributed by atoms with E-state index >= 15 is 0 Å². The Morgan fingerprint density at radius 3 is 2.41 bits per heavy atom. The maximum absolute atomic E-state index is 10.7. The number of pyridine rings is 2. The molecule has 1 saturated carbocycles. The molecule has 3 heterocycles. The Labute approximate surface area is 270 Å². The molecule has 0 amide bonds. The molecule has 0 saturated heterocycles. The second kappa shape index (κ2) is 11.9. The van der Waals surface area contributed by atoms with Crippen LogP contribution in [-0.4, -0.2) is 19.6 Å². The Kier molecular flexibility index (Phi) is 7.66. The van der Waals surface area contributed by atoms with Crippen LogP contribution in [0.4, 0.5) is 0 Å². The largest absolute Gasteiger partial charge is 0.506 e. The summed E-state index contributed by atoms with van der Waals surface area (Å²) < 4.78 is 8.44. The van der Waals surface area contributed by atoms with Crippen LogP contribution in [0.3, 0.4) is 0 Å². The molecular weight excluding hydrogens is 726 g/mol. The van der Waals surface area contributed by atoms with Crippen molar-refractivity contribution in [2.45, 2.75) is 38.0 Å². The number of ether oxygens (including phenoxy) is 1. The molecule has 7 aromatic rings. The molecule has 220 valence electrons. The first-order valence-corrected chi connectivity index (χ1v) is 15.0. The standard InChI is InChI=1S/C38H30N3O2.Pt/c42-35-19-17-29(26-11-5-2-6-12-26)32-18-20-37(40-38(32)35)43-28-15-16-31-30-13-7-8-14-33(30)41(34(31)24-28)36-23-27(21-22-39-36)25-9-3-1-4-10-25;/h1,3-4,7-10,13-23,26,42H,2,5-6,11-12H2;/q-1;. The van der Waals surface area contributed by atoms with Crippen LogP contribution in [0.5, 0.6) is 17.4 Å². The van der Waals surface area contributed by atoms with Gasteiger partial charge in [0.15, 0.2) is 0 Å². The molecule has 8 rings (SSSR count). The number of hydrogen-bond acceptors (Lipinski definition) is 4. The fourth-order valence-corrected chi connectivity index (χ4v) is 6.67. The molecule has 6 heteroatoms. The van der Waals surface area contributed by atoms with E-state index < -0.39 is 0 Å². The van der Waals surface area contributed by atoms with E-state index in [4.69, 9.17) is 14.7 Å². The van der Waals surface area contributed by atoms with Crippen LogP contribution in [0, 0.1) is 6.07 Å². The Morgan fingerprint density at radius 2 is 1.55 bits per heavy atom. The van der Waals surface area contributed by atoms with Gasteiger partial charge in [-0.3, -0.25) is 0 Å². The van der Waals surface area contributed by atoms with Crippen LogP contribution in [0.2, 0.25) is 0 Å². The predicted octanol–water partition coefficient (Wildman–Crippen LogP) is 9.74. The van der Waals surface area contributed by atoms with Crippen LogP contribution in [0.15, 0.2) is 109 Å². The van der Waals surface area contributed by atoms with E-state index in [-0.39, 0.29) is 26.8 Å². The molecule has 3 aromatic heterocycles. The van der Waals surface area contributed by atoms with Crippen molar-refractivity contribution in [3.63, 3.8) is 0 Å². The number of phenols is 1. The van der Waals surface area contributed by atoms with Crippen LogP contribution in [-0.2, 0) is 21.1 Å². The fourth-order valence-electron chi connectivity index (χ4n) is 6.67. The first-order chi connectivity index (χ1) is 21.2. The number of phenolic OH excluding ortho intramolecular Hbond substituents is 1. The van der Waals surface area contributed by atoms with Gasteiger partial charge in [0.05, 0.1) is 0 Å².